The van der Waals surface area contributed by atoms with Crippen LogP contribution in [0.5, 0.6) is 0 Å². The van der Waals surface area contributed by atoms with Crippen molar-refractivity contribution in [2.24, 2.45) is 9.98 Å². The van der Waals surface area contributed by atoms with E-state index < -0.39 is 11.8 Å². The summed E-state index contributed by atoms with van der Waals surface area (Å²) >= 11 is 0. The van der Waals surface area contributed by atoms with Crippen molar-refractivity contribution in [2.75, 3.05) is 6.54 Å². The minimum Gasteiger partial charge on any atom is -0.352 e. The van der Waals surface area contributed by atoms with Gasteiger partial charge in [0.15, 0.2) is 0 Å². The Balaban J connectivity index is 1.67. The Morgan fingerprint density at radius 3 is 2.61 bits per heavy atom. The van der Waals surface area contributed by atoms with Gasteiger partial charge in [0, 0.05) is 12.1 Å². The predicted octanol–water partition coefficient (Wildman–Crippen LogP) is 0.613. The molecule has 1 N–H and O–H groups in total. The Morgan fingerprint density at radius 1 is 1.09 bits per heavy atom. The molecule has 1 heterocycles. The van der Waals surface area contributed by atoms with Gasteiger partial charge in [-0.25, -0.2) is 9.98 Å². The maximum absolute atomic E-state index is 12.2. The van der Waals surface area contributed by atoms with Gasteiger partial charge in [0.1, 0.15) is 0 Å². The number of rotatable bonds is 4. The average molecular weight is 311 g/mol. The fraction of sp³-hybridized carbons (Fsp3) is 0.353. The fourth-order valence-corrected chi connectivity index (χ4v) is 2.73. The molecule has 1 aliphatic heterocycles. The van der Waals surface area contributed by atoms with Crippen molar-refractivity contribution in [2.45, 2.75) is 32.1 Å². The second-order valence-electron chi connectivity index (χ2n) is 5.65. The first-order valence-electron chi connectivity index (χ1n) is 7.75. The quantitative estimate of drug-likeness (QED) is 0.653. The average Bonchev–Trinajstić information content (AvgIpc) is 2.56. The van der Waals surface area contributed by atoms with Crippen LogP contribution in [0.15, 0.2) is 39.8 Å². The molecule has 0 saturated heterocycles. The highest BCUT2D eigenvalue weighted by Crippen LogP contribution is 2.19. The van der Waals surface area contributed by atoms with Crippen LogP contribution in [0.4, 0.5) is 0 Å². The Labute approximate surface area is 133 Å². The zero-order valence-electron chi connectivity index (χ0n) is 12.7. The zero-order chi connectivity index (χ0) is 16.2. The molecular weight excluding hydrogens is 294 g/mol. The molecule has 0 unspecified atom stereocenters. The number of amides is 3. The van der Waals surface area contributed by atoms with E-state index in [0.717, 1.165) is 19.3 Å². The standard InChI is InChI=1S/C17H17N3O3/c21-15(18-9-8-11-4-2-1-3-5-11)12-6-7-13-14(10-12)20-17(23)16(22)19-13/h4,6-7,10H,1-3,5,8-9H2,(H,18,21). The summed E-state index contributed by atoms with van der Waals surface area (Å²) in [6, 6.07) is 4.59. The van der Waals surface area contributed by atoms with Crippen molar-refractivity contribution in [3.63, 3.8) is 0 Å². The zero-order valence-corrected chi connectivity index (χ0v) is 12.7. The van der Waals surface area contributed by atoms with Gasteiger partial charge in [-0.1, -0.05) is 11.6 Å². The Hall–Kier alpha value is -2.63. The van der Waals surface area contributed by atoms with Crippen LogP contribution in [0.3, 0.4) is 0 Å². The lowest BCUT2D eigenvalue weighted by molar-refractivity contribution is -0.135. The molecule has 0 fully saturated rings. The van der Waals surface area contributed by atoms with Gasteiger partial charge >= 0.3 is 11.8 Å². The molecule has 0 radical (unpaired) electrons. The molecule has 0 atom stereocenters. The molecule has 1 aliphatic carbocycles. The van der Waals surface area contributed by atoms with Gasteiger partial charge in [-0.15, -0.1) is 0 Å². The molecule has 2 aliphatic rings. The first-order valence-corrected chi connectivity index (χ1v) is 7.75. The minimum atomic E-state index is -0.903. The van der Waals surface area contributed by atoms with Gasteiger partial charge in [-0.05, 0) is 50.3 Å². The fourth-order valence-electron chi connectivity index (χ4n) is 2.73. The van der Waals surface area contributed by atoms with E-state index in [-0.39, 0.29) is 11.3 Å². The Bertz CT molecular complexity index is 824. The molecule has 0 aromatic heterocycles. The van der Waals surface area contributed by atoms with Crippen LogP contribution in [0.2, 0.25) is 0 Å². The van der Waals surface area contributed by atoms with Crippen LogP contribution in [-0.4, -0.2) is 24.3 Å². The summed E-state index contributed by atoms with van der Waals surface area (Å²) in [4.78, 5) is 41.9. The van der Waals surface area contributed by atoms with Gasteiger partial charge in [-0.2, -0.15) is 0 Å². The van der Waals surface area contributed by atoms with Crippen molar-refractivity contribution in [3.05, 3.63) is 46.1 Å². The lowest BCUT2D eigenvalue weighted by atomic mass is 9.97. The van der Waals surface area contributed by atoms with Gasteiger partial charge in [0.25, 0.3) is 5.91 Å². The molecule has 0 spiro atoms. The van der Waals surface area contributed by atoms with E-state index in [1.165, 1.54) is 30.5 Å². The first-order chi connectivity index (χ1) is 11.1. The van der Waals surface area contributed by atoms with Gasteiger partial charge in [0.2, 0.25) is 0 Å². The minimum absolute atomic E-state index is 0.219. The Morgan fingerprint density at radius 2 is 1.87 bits per heavy atom. The molecule has 0 saturated carbocycles. The van der Waals surface area contributed by atoms with Gasteiger partial charge in [0.05, 0.1) is 10.7 Å². The van der Waals surface area contributed by atoms with Crippen LogP contribution in [0, 0.1) is 0 Å². The highest BCUT2D eigenvalue weighted by atomic mass is 16.2. The molecular formula is C17H17N3O3. The third-order valence-electron chi connectivity index (χ3n) is 3.98. The number of fused-ring (bicyclic) bond motifs is 1. The molecule has 118 valence electrons. The maximum Gasteiger partial charge on any atom is 0.338 e. The lowest BCUT2D eigenvalue weighted by Gasteiger charge is -2.13. The van der Waals surface area contributed by atoms with E-state index in [4.69, 9.17) is 0 Å². The van der Waals surface area contributed by atoms with Crippen molar-refractivity contribution in [3.8, 4) is 0 Å². The van der Waals surface area contributed by atoms with Crippen LogP contribution < -0.4 is 16.0 Å². The van der Waals surface area contributed by atoms with Gasteiger partial charge < -0.3 is 5.32 Å². The Kier molecular flexibility index (Phi) is 4.41. The molecule has 6 nitrogen and oxygen atoms in total. The third-order valence-corrected chi connectivity index (χ3v) is 3.98. The van der Waals surface area contributed by atoms with Gasteiger partial charge in [-0.3, -0.25) is 14.4 Å². The van der Waals surface area contributed by atoms with E-state index in [0.29, 0.717) is 17.5 Å². The number of benzene rings is 1. The predicted molar refractivity (Wildman–Crippen MR) is 82.3 cm³/mol. The van der Waals surface area contributed by atoms with Crippen LogP contribution in [0.1, 0.15) is 42.5 Å². The summed E-state index contributed by atoms with van der Waals surface area (Å²) in [5.74, 6) is -2.00. The van der Waals surface area contributed by atoms with Crippen molar-refractivity contribution < 1.29 is 14.4 Å². The van der Waals surface area contributed by atoms with E-state index >= 15 is 0 Å². The second-order valence-corrected chi connectivity index (χ2v) is 5.65. The van der Waals surface area contributed by atoms with Crippen LogP contribution >= 0.6 is 0 Å². The topological polar surface area (TPSA) is 88.0 Å². The summed E-state index contributed by atoms with van der Waals surface area (Å²) in [6.07, 6.45) is 7.85. The third kappa shape index (κ3) is 3.59. The molecule has 3 rings (SSSR count). The normalized spacial score (nSPS) is 16.8. The summed E-state index contributed by atoms with van der Waals surface area (Å²) in [7, 11) is 0. The molecule has 6 heteroatoms. The SMILES string of the molecule is O=C1N=c2ccc(C(=O)NCCC3=CCCCC3)cc2=NC1=O. The van der Waals surface area contributed by atoms with E-state index in [1.807, 2.05) is 0 Å². The van der Waals surface area contributed by atoms with E-state index in [9.17, 15) is 14.4 Å². The number of carbonyl (C=O) groups is 3. The number of nitrogens with zero attached hydrogens (tertiary/aromatic N) is 2. The summed E-state index contributed by atoms with van der Waals surface area (Å²) < 4.78 is 0. The smallest absolute Gasteiger partial charge is 0.338 e. The van der Waals surface area contributed by atoms with Crippen molar-refractivity contribution >= 4 is 17.7 Å². The monoisotopic (exact) mass is 311 g/mol. The summed E-state index contributed by atoms with van der Waals surface area (Å²) in [5.41, 5.74) is 1.81. The highest BCUT2D eigenvalue weighted by molar-refractivity contribution is 6.36. The number of hydrogen-bond acceptors (Lipinski definition) is 3. The van der Waals surface area contributed by atoms with Crippen LogP contribution in [0.25, 0.3) is 0 Å². The molecule has 23 heavy (non-hydrogen) atoms. The molecule has 0 bridgehead atoms. The second kappa shape index (κ2) is 6.64. The number of hydrogen-bond donors (Lipinski definition) is 1. The molecule has 3 amide bonds. The summed E-state index contributed by atoms with van der Waals surface area (Å²) in [5, 5.41) is 3.45. The number of allylic oxidation sites excluding steroid dienone is 1. The molecule has 1 aromatic carbocycles. The van der Waals surface area contributed by atoms with Crippen LogP contribution in [-0.2, 0) is 9.59 Å². The number of carbonyl (C=O) groups excluding carboxylic acids is 3. The largest absolute Gasteiger partial charge is 0.352 e. The summed E-state index contributed by atoms with van der Waals surface area (Å²) in [6.45, 7) is 0.584. The molecule has 1 aromatic rings. The van der Waals surface area contributed by atoms with Crippen molar-refractivity contribution in [1.29, 1.82) is 0 Å². The lowest BCUT2D eigenvalue weighted by Crippen LogP contribution is -2.36. The van der Waals surface area contributed by atoms with E-state index in [2.05, 4.69) is 21.4 Å². The van der Waals surface area contributed by atoms with E-state index in [1.54, 1.807) is 6.07 Å². The maximum atomic E-state index is 12.2. The number of nitrogens with one attached hydrogen (secondary N) is 1. The van der Waals surface area contributed by atoms with Crippen molar-refractivity contribution in [1.82, 2.24) is 5.32 Å². The highest BCUT2D eigenvalue weighted by Gasteiger charge is 2.16. The first kappa shape index (κ1) is 15.3.